The third-order valence-electron chi connectivity index (χ3n) is 3.94. The normalized spacial score (nSPS) is 10.8. The lowest BCUT2D eigenvalue weighted by Crippen LogP contribution is -2.26. The van der Waals surface area contributed by atoms with Gasteiger partial charge in [0.25, 0.3) is 5.91 Å². The molecule has 0 bridgehead atoms. The number of amides is 1. The van der Waals surface area contributed by atoms with E-state index in [2.05, 4.69) is 12.2 Å². The van der Waals surface area contributed by atoms with Gasteiger partial charge < -0.3 is 5.32 Å². The number of rotatable bonds is 6. The van der Waals surface area contributed by atoms with Gasteiger partial charge in [-0.1, -0.05) is 13.3 Å². The van der Waals surface area contributed by atoms with Crippen LogP contribution in [-0.4, -0.2) is 26.6 Å². The molecule has 0 unspecified atom stereocenters. The van der Waals surface area contributed by atoms with Crippen molar-refractivity contribution in [2.45, 2.75) is 19.8 Å². The van der Waals surface area contributed by atoms with E-state index >= 15 is 0 Å². The summed E-state index contributed by atoms with van der Waals surface area (Å²) in [6.45, 7) is 2.78. The van der Waals surface area contributed by atoms with Crippen LogP contribution in [0.15, 0.2) is 49.6 Å². The molecule has 0 aromatic carbocycles. The molecule has 3 heterocycles. The highest BCUT2D eigenvalue weighted by Crippen LogP contribution is 2.13. The first kappa shape index (κ1) is 16.9. The topological polar surface area (TPSA) is 59.6 Å². The van der Waals surface area contributed by atoms with Gasteiger partial charge in [0.2, 0.25) is 24.3 Å². The Hall–Kier alpha value is -2.96. The monoisotopic (exact) mass is 340 g/mol. The number of nitrogens with zero attached hydrogens (tertiary/aromatic N) is 5. The van der Waals surface area contributed by atoms with Gasteiger partial charge in [-0.2, -0.15) is 14.1 Å². The molecule has 7 heteroatoms. The number of unbranched alkanes of at least 4 members (excludes halogenated alkanes) is 1. The van der Waals surface area contributed by atoms with Crippen LogP contribution in [0.3, 0.4) is 0 Å². The summed E-state index contributed by atoms with van der Waals surface area (Å²) in [4.78, 5) is 17.2. The summed E-state index contributed by atoms with van der Waals surface area (Å²) >= 11 is 0. The Morgan fingerprint density at radius 3 is 2.08 bits per heavy atom. The first-order chi connectivity index (χ1) is 12.1. The number of nitrogens with one attached hydrogen (secondary N) is 1. The van der Waals surface area contributed by atoms with Crippen LogP contribution in [-0.2, 0) is 14.1 Å². The second-order valence-electron chi connectivity index (χ2n) is 6.15. The molecule has 7 nitrogen and oxygen atoms in total. The number of imidazole rings is 2. The van der Waals surface area contributed by atoms with Crippen molar-refractivity contribution in [2.24, 2.45) is 14.1 Å². The van der Waals surface area contributed by atoms with E-state index in [9.17, 15) is 4.79 Å². The molecule has 0 saturated heterocycles. The summed E-state index contributed by atoms with van der Waals surface area (Å²) in [5.74, 6) is 1.33. The Bertz CT molecular complexity index is 821. The minimum atomic E-state index is -0.0774. The van der Waals surface area contributed by atoms with E-state index in [4.69, 9.17) is 4.98 Å². The highest BCUT2D eigenvalue weighted by molar-refractivity contribution is 5.95. The fraction of sp³-hybridized carbons (Fsp3) is 0.333. The number of carbonyl (C=O) groups excluding carboxylic acids is 1. The molecular formula is C18H24N6O+2. The van der Waals surface area contributed by atoms with Crippen molar-refractivity contribution in [1.29, 1.82) is 0 Å². The summed E-state index contributed by atoms with van der Waals surface area (Å²) in [6, 6.07) is 3.63. The Labute approximate surface area is 147 Å². The third kappa shape index (κ3) is 3.93. The van der Waals surface area contributed by atoms with E-state index in [-0.39, 0.29) is 5.91 Å². The summed E-state index contributed by atoms with van der Waals surface area (Å²) in [5.41, 5.74) is 0.601. The fourth-order valence-electron chi connectivity index (χ4n) is 2.55. The van der Waals surface area contributed by atoms with E-state index in [1.165, 1.54) is 0 Å². The Morgan fingerprint density at radius 1 is 1.08 bits per heavy atom. The average Bonchev–Trinajstić information content (AvgIpc) is 3.23. The Morgan fingerprint density at radius 2 is 1.64 bits per heavy atom. The molecule has 1 N–H and O–H groups in total. The van der Waals surface area contributed by atoms with Crippen molar-refractivity contribution in [2.75, 3.05) is 6.54 Å². The van der Waals surface area contributed by atoms with Gasteiger partial charge in [0.05, 0.1) is 19.7 Å². The predicted octanol–water partition coefficient (Wildman–Crippen LogP) is 0.842. The quantitative estimate of drug-likeness (QED) is 0.534. The molecule has 0 aliphatic carbocycles. The van der Waals surface area contributed by atoms with Crippen molar-refractivity contribution in [3.8, 4) is 11.6 Å². The van der Waals surface area contributed by atoms with Gasteiger partial charge in [0.1, 0.15) is 24.8 Å². The van der Waals surface area contributed by atoms with Crippen LogP contribution >= 0.6 is 0 Å². The van der Waals surface area contributed by atoms with E-state index in [1.54, 1.807) is 0 Å². The fourth-order valence-corrected chi connectivity index (χ4v) is 2.55. The molecule has 3 aromatic rings. The number of aromatic nitrogens is 5. The van der Waals surface area contributed by atoms with Gasteiger partial charge >= 0.3 is 0 Å². The average molecular weight is 340 g/mol. The number of carbonyl (C=O) groups is 1. The Kier molecular flexibility index (Phi) is 4.92. The zero-order valence-corrected chi connectivity index (χ0v) is 14.9. The molecule has 0 atom stereocenters. The van der Waals surface area contributed by atoms with Gasteiger partial charge in [-0.05, 0) is 6.42 Å². The van der Waals surface area contributed by atoms with Crippen LogP contribution in [0.2, 0.25) is 0 Å². The molecule has 3 aromatic heterocycles. The van der Waals surface area contributed by atoms with Crippen LogP contribution < -0.4 is 14.5 Å². The van der Waals surface area contributed by atoms with Gasteiger partial charge in [-0.15, -0.1) is 0 Å². The lowest BCUT2D eigenvalue weighted by atomic mass is 10.2. The molecule has 0 spiro atoms. The largest absolute Gasteiger partial charge is 0.352 e. The van der Waals surface area contributed by atoms with Crippen LogP contribution in [0.1, 0.15) is 30.1 Å². The molecule has 130 valence electrons. The van der Waals surface area contributed by atoms with Crippen molar-refractivity contribution >= 4 is 5.91 Å². The van der Waals surface area contributed by atoms with Crippen molar-refractivity contribution in [3.05, 3.63) is 55.1 Å². The van der Waals surface area contributed by atoms with E-state index < -0.39 is 0 Å². The number of pyridine rings is 1. The highest BCUT2D eigenvalue weighted by Gasteiger charge is 2.17. The minimum Gasteiger partial charge on any atom is -0.352 e. The van der Waals surface area contributed by atoms with Crippen molar-refractivity contribution in [1.82, 2.24) is 19.4 Å². The maximum Gasteiger partial charge on any atom is 0.251 e. The van der Waals surface area contributed by atoms with E-state index in [1.807, 2.05) is 81.9 Å². The predicted molar refractivity (Wildman–Crippen MR) is 92.5 cm³/mol. The SMILES string of the molecule is CCCCNC(=O)c1cc(-n2cc[n+](C)c2)nc(-n2cc[n+](C)c2)c1. The standard InChI is InChI=1S/C18H23N6O/c1-4-5-6-19-18(25)15-11-16(23-9-7-21(2)13-23)20-17(12-15)24-10-8-22(3)14-24/h7-14H,4-6H2,1-3H3/q+1/p+1. The zero-order chi connectivity index (χ0) is 17.8. The molecule has 0 saturated carbocycles. The molecule has 1 amide bonds. The third-order valence-corrected chi connectivity index (χ3v) is 3.94. The summed E-state index contributed by atoms with van der Waals surface area (Å²) < 4.78 is 7.67. The number of hydrogen-bond donors (Lipinski definition) is 1. The lowest BCUT2D eigenvalue weighted by molar-refractivity contribution is -0.670. The minimum absolute atomic E-state index is 0.0774. The first-order valence-corrected chi connectivity index (χ1v) is 8.44. The number of hydrogen-bond acceptors (Lipinski definition) is 2. The van der Waals surface area contributed by atoms with Gasteiger partial charge in [0, 0.05) is 18.7 Å². The second-order valence-corrected chi connectivity index (χ2v) is 6.15. The summed E-state index contributed by atoms with van der Waals surface area (Å²) in [6.07, 6.45) is 13.6. The summed E-state index contributed by atoms with van der Waals surface area (Å²) in [7, 11) is 3.90. The molecule has 0 radical (unpaired) electrons. The van der Waals surface area contributed by atoms with Gasteiger partial charge in [-0.25, -0.2) is 9.13 Å². The molecule has 25 heavy (non-hydrogen) atoms. The van der Waals surface area contributed by atoms with E-state index in [0.29, 0.717) is 23.7 Å². The maximum absolute atomic E-state index is 12.5. The summed E-state index contributed by atoms with van der Waals surface area (Å²) in [5, 5.41) is 2.97. The molecule has 0 aliphatic rings. The highest BCUT2D eigenvalue weighted by atomic mass is 16.1. The molecule has 3 rings (SSSR count). The first-order valence-electron chi connectivity index (χ1n) is 8.44. The van der Waals surface area contributed by atoms with Gasteiger partial charge in [0.15, 0.2) is 0 Å². The zero-order valence-electron chi connectivity index (χ0n) is 14.9. The smallest absolute Gasteiger partial charge is 0.251 e. The molecule has 0 aliphatic heterocycles. The van der Waals surface area contributed by atoms with Crippen molar-refractivity contribution in [3.63, 3.8) is 0 Å². The molecule has 0 fully saturated rings. The maximum atomic E-state index is 12.5. The number of aryl methyl sites for hydroxylation is 2. The Balaban J connectivity index is 2.00. The van der Waals surface area contributed by atoms with Crippen LogP contribution in [0.4, 0.5) is 0 Å². The molecular weight excluding hydrogens is 316 g/mol. The van der Waals surface area contributed by atoms with Crippen LogP contribution in [0, 0.1) is 0 Å². The lowest BCUT2D eigenvalue weighted by Gasteiger charge is -2.06. The van der Waals surface area contributed by atoms with Crippen LogP contribution in [0.5, 0.6) is 0 Å². The second kappa shape index (κ2) is 7.29. The van der Waals surface area contributed by atoms with Gasteiger partial charge in [-0.3, -0.25) is 4.79 Å². The van der Waals surface area contributed by atoms with Crippen molar-refractivity contribution < 1.29 is 13.9 Å². The van der Waals surface area contributed by atoms with E-state index in [0.717, 1.165) is 12.8 Å². The van der Waals surface area contributed by atoms with Crippen LogP contribution in [0.25, 0.3) is 11.6 Å².